The number of halogens is 2. The smallest absolute Gasteiger partial charge is 0.181 e. The van der Waals surface area contributed by atoms with Crippen LogP contribution in [-0.2, 0) is 0 Å². The Balaban J connectivity index is 1.86. The van der Waals surface area contributed by atoms with Gasteiger partial charge in [-0.15, -0.1) is 0 Å². The van der Waals surface area contributed by atoms with Gasteiger partial charge in [0.2, 0.25) is 0 Å². The zero-order valence-corrected chi connectivity index (χ0v) is 13.3. The van der Waals surface area contributed by atoms with E-state index in [1.54, 1.807) is 12.1 Å². The van der Waals surface area contributed by atoms with Crippen LogP contribution in [0.25, 0.3) is 10.2 Å². The maximum absolute atomic E-state index is 5.92. The van der Waals surface area contributed by atoms with Crippen LogP contribution in [-0.4, -0.2) is 9.97 Å². The van der Waals surface area contributed by atoms with Gasteiger partial charge in [-0.25, -0.2) is 9.97 Å². The highest BCUT2D eigenvalue weighted by atomic mass is 35.5. The molecule has 0 radical (unpaired) electrons. The van der Waals surface area contributed by atoms with E-state index in [1.165, 1.54) is 11.3 Å². The highest BCUT2D eigenvalue weighted by Crippen LogP contribution is 2.30. The second kappa shape index (κ2) is 5.67. The van der Waals surface area contributed by atoms with E-state index in [0.29, 0.717) is 15.4 Å². The molecule has 3 aromatic rings. The molecule has 0 aliphatic rings. The number of hydrogen-bond acceptors (Lipinski definition) is 5. The van der Waals surface area contributed by atoms with Crippen molar-refractivity contribution in [3.63, 3.8) is 0 Å². The van der Waals surface area contributed by atoms with E-state index >= 15 is 0 Å². The Labute approximate surface area is 135 Å². The predicted octanol–water partition coefficient (Wildman–Crippen LogP) is 4.72. The van der Waals surface area contributed by atoms with Crippen molar-refractivity contribution in [2.45, 2.75) is 13.0 Å². The Bertz CT molecular complexity index is 786. The highest BCUT2D eigenvalue weighted by Gasteiger charge is 2.11. The standard InChI is InChI=1S/C14H11Cl2N3OS/c1-7(8-4-12(15)19-13(16)5-8)20-9-2-3-10-11(6-9)21-14(17)18-10/h2-7H,1H3,(H2,17,18). The third kappa shape index (κ3) is 3.20. The van der Waals surface area contributed by atoms with E-state index in [4.69, 9.17) is 33.7 Å². The fourth-order valence-electron chi connectivity index (χ4n) is 1.99. The number of nitrogens with two attached hydrogens (primary N) is 1. The minimum Gasteiger partial charge on any atom is -0.486 e. The molecule has 0 amide bonds. The lowest BCUT2D eigenvalue weighted by molar-refractivity contribution is 0.227. The molecular weight excluding hydrogens is 329 g/mol. The Kier molecular flexibility index (Phi) is 3.89. The van der Waals surface area contributed by atoms with Crippen molar-refractivity contribution in [1.29, 1.82) is 0 Å². The summed E-state index contributed by atoms with van der Waals surface area (Å²) < 4.78 is 6.91. The first kappa shape index (κ1) is 14.4. The Morgan fingerprint density at radius 1 is 1.14 bits per heavy atom. The lowest BCUT2D eigenvalue weighted by Crippen LogP contribution is -2.03. The van der Waals surface area contributed by atoms with E-state index in [0.717, 1.165) is 21.5 Å². The number of pyridine rings is 1. The van der Waals surface area contributed by atoms with Crippen molar-refractivity contribution < 1.29 is 4.74 Å². The van der Waals surface area contributed by atoms with Gasteiger partial charge in [0.1, 0.15) is 22.2 Å². The molecule has 0 spiro atoms. The van der Waals surface area contributed by atoms with Crippen LogP contribution in [0.1, 0.15) is 18.6 Å². The SMILES string of the molecule is CC(Oc1ccc2nc(N)sc2c1)c1cc(Cl)nc(Cl)c1. The van der Waals surface area contributed by atoms with Gasteiger partial charge in [-0.3, -0.25) is 0 Å². The molecule has 0 aliphatic heterocycles. The molecule has 0 saturated heterocycles. The van der Waals surface area contributed by atoms with Crippen LogP contribution in [0.4, 0.5) is 5.13 Å². The number of ether oxygens (including phenoxy) is 1. The molecule has 7 heteroatoms. The van der Waals surface area contributed by atoms with E-state index in [2.05, 4.69) is 9.97 Å². The van der Waals surface area contributed by atoms with Gasteiger partial charge in [-0.1, -0.05) is 34.5 Å². The second-order valence-corrected chi connectivity index (χ2v) is 6.32. The minimum atomic E-state index is -0.203. The van der Waals surface area contributed by atoms with Gasteiger partial charge in [0, 0.05) is 0 Å². The van der Waals surface area contributed by atoms with E-state index in [1.807, 2.05) is 25.1 Å². The van der Waals surface area contributed by atoms with E-state index in [9.17, 15) is 0 Å². The summed E-state index contributed by atoms with van der Waals surface area (Å²) in [6, 6.07) is 9.14. The molecule has 1 unspecified atom stereocenters. The van der Waals surface area contributed by atoms with Gasteiger partial charge >= 0.3 is 0 Å². The number of nitrogen functional groups attached to an aromatic ring is 1. The summed E-state index contributed by atoms with van der Waals surface area (Å²) in [6.07, 6.45) is -0.203. The summed E-state index contributed by atoms with van der Waals surface area (Å²) in [5, 5.41) is 1.24. The Morgan fingerprint density at radius 3 is 2.57 bits per heavy atom. The molecule has 0 aliphatic carbocycles. The molecule has 0 fully saturated rings. The lowest BCUT2D eigenvalue weighted by atomic mass is 10.2. The number of aromatic nitrogens is 2. The number of fused-ring (bicyclic) bond motifs is 1. The van der Waals surface area contributed by atoms with Crippen molar-refractivity contribution in [1.82, 2.24) is 9.97 Å². The number of benzene rings is 1. The van der Waals surface area contributed by atoms with Gasteiger partial charge in [-0.05, 0) is 42.8 Å². The number of anilines is 1. The van der Waals surface area contributed by atoms with Crippen LogP contribution in [0.2, 0.25) is 10.3 Å². The van der Waals surface area contributed by atoms with E-state index in [-0.39, 0.29) is 6.10 Å². The lowest BCUT2D eigenvalue weighted by Gasteiger charge is -2.15. The second-order valence-electron chi connectivity index (χ2n) is 4.49. The Hall–Kier alpha value is -1.56. The van der Waals surface area contributed by atoms with Crippen molar-refractivity contribution in [2.24, 2.45) is 0 Å². The number of thiazole rings is 1. The normalized spacial score (nSPS) is 12.5. The maximum Gasteiger partial charge on any atom is 0.181 e. The summed E-state index contributed by atoms with van der Waals surface area (Å²) in [5.74, 6) is 0.739. The first-order valence-corrected chi connectivity index (χ1v) is 7.74. The first-order chi connectivity index (χ1) is 10.0. The van der Waals surface area contributed by atoms with Crippen molar-refractivity contribution in [3.05, 3.63) is 46.2 Å². The summed E-state index contributed by atoms with van der Waals surface area (Å²) in [4.78, 5) is 8.13. The molecule has 0 saturated carbocycles. The zero-order valence-electron chi connectivity index (χ0n) is 11.0. The van der Waals surface area contributed by atoms with Gasteiger partial charge in [-0.2, -0.15) is 0 Å². The molecule has 2 N–H and O–H groups in total. The molecule has 0 bridgehead atoms. The van der Waals surface area contributed by atoms with Crippen LogP contribution in [0.5, 0.6) is 5.75 Å². The summed E-state index contributed by atoms with van der Waals surface area (Å²) in [6.45, 7) is 1.92. The molecule has 2 aromatic heterocycles. The summed E-state index contributed by atoms with van der Waals surface area (Å²) in [5.41, 5.74) is 7.43. The van der Waals surface area contributed by atoms with Gasteiger partial charge in [0.25, 0.3) is 0 Å². The molecule has 108 valence electrons. The summed E-state index contributed by atoms with van der Waals surface area (Å²) >= 11 is 13.2. The Morgan fingerprint density at radius 2 is 1.86 bits per heavy atom. The number of hydrogen-bond donors (Lipinski definition) is 1. The first-order valence-electron chi connectivity index (χ1n) is 6.17. The van der Waals surface area contributed by atoms with Crippen molar-refractivity contribution in [2.75, 3.05) is 5.73 Å². The number of rotatable bonds is 3. The molecule has 3 rings (SSSR count). The fourth-order valence-corrected chi connectivity index (χ4v) is 3.23. The molecular formula is C14H11Cl2N3OS. The molecule has 2 heterocycles. The average molecular weight is 340 g/mol. The van der Waals surface area contributed by atoms with Gasteiger partial charge in [0.15, 0.2) is 5.13 Å². The predicted molar refractivity (Wildman–Crippen MR) is 87.3 cm³/mol. The largest absolute Gasteiger partial charge is 0.486 e. The van der Waals surface area contributed by atoms with Crippen molar-refractivity contribution >= 4 is 49.9 Å². The van der Waals surface area contributed by atoms with Crippen molar-refractivity contribution in [3.8, 4) is 5.75 Å². The summed E-state index contributed by atoms with van der Waals surface area (Å²) in [7, 11) is 0. The topological polar surface area (TPSA) is 61.0 Å². The quantitative estimate of drug-likeness (QED) is 0.701. The van der Waals surface area contributed by atoms with Crippen LogP contribution >= 0.6 is 34.5 Å². The van der Waals surface area contributed by atoms with Crippen LogP contribution in [0.3, 0.4) is 0 Å². The molecule has 1 aromatic carbocycles. The van der Waals surface area contributed by atoms with Gasteiger partial charge < -0.3 is 10.5 Å². The van der Waals surface area contributed by atoms with Crippen LogP contribution < -0.4 is 10.5 Å². The van der Waals surface area contributed by atoms with Gasteiger partial charge in [0.05, 0.1) is 10.2 Å². The van der Waals surface area contributed by atoms with Crippen LogP contribution in [0.15, 0.2) is 30.3 Å². The molecule has 21 heavy (non-hydrogen) atoms. The fraction of sp³-hybridized carbons (Fsp3) is 0.143. The molecule has 1 atom stereocenters. The maximum atomic E-state index is 5.92. The van der Waals surface area contributed by atoms with Crippen LogP contribution in [0, 0.1) is 0 Å². The minimum absolute atomic E-state index is 0.203. The zero-order chi connectivity index (χ0) is 15.0. The average Bonchev–Trinajstić information content (AvgIpc) is 2.77. The van der Waals surface area contributed by atoms with E-state index < -0.39 is 0 Å². The monoisotopic (exact) mass is 339 g/mol. The third-order valence-electron chi connectivity index (χ3n) is 2.94. The number of nitrogens with zero attached hydrogens (tertiary/aromatic N) is 2. The third-order valence-corrected chi connectivity index (χ3v) is 4.18. The molecule has 4 nitrogen and oxygen atoms in total. The highest BCUT2D eigenvalue weighted by molar-refractivity contribution is 7.22.